The predicted octanol–water partition coefficient (Wildman–Crippen LogP) is -9.31. The quantitative estimate of drug-likeness (QED) is 0.0399. The van der Waals surface area contributed by atoms with Gasteiger partial charge >= 0.3 is 0 Å². The highest BCUT2D eigenvalue weighted by Crippen LogP contribution is 2.31. The smallest absolute Gasteiger partial charge is 0.239 e. The van der Waals surface area contributed by atoms with Crippen molar-refractivity contribution in [2.75, 3.05) is 66.3 Å². The van der Waals surface area contributed by atoms with Gasteiger partial charge in [0.05, 0.1) is 45.2 Å². The van der Waals surface area contributed by atoms with E-state index in [1.54, 1.807) is 6.92 Å². The largest absolute Gasteiger partial charge is 0.394 e. The van der Waals surface area contributed by atoms with Gasteiger partial charge in [-0.2, -0.15) is 0 Å². The van der Waals surface area contributed by atoms with Crippen LogP contribution in [0.5, 0.6) is 0 Å². The fourth-order valence-electron chi connectivity index (χ4n) is 7.43. The summed E-state index contributed by atoms with van der Waals surface area (Å²) in [7, 11) is 1.47. The second kappa shape index (κ2) is 27.5. The van der Waals surface area contributed by atoms with Gasteiger partial charge in [-0.3, -0.25) is 19.2 Å². The Hall–Kier alpha value is -2.92. The first-order chi connectivity index (χ1) is 31.8. The van der Waals surface area contributed by atoms with E-state index in [1.165, 1.54) is 7.05 Å². The molecule has 0 bridgehead atoms. The fraction of sp³-hybridized carbons (Fsp3) is 0.897. The van der Waals surface area contributed by atoms with Gasteiger partial charge in [-0.25, -0.2) is 0 Å². The molecule has 67 heavy (non-hydrogen) atoms. The molecule has 4 saturated heterocycles. The summed E-state index contributed by atoms with van der Waals surface area (Å²) in [6.07, 6.45) is -29.2. The number of unbranched alkanes of at least 4 members (excludes halogenated alkanes) is 1. The van der Waals surface area contributed by atoms with Crippen molar-refractivity contribution in [3.63, 3.8) is 0 Å². The maximum Gasteiger partial charge on any atom is 0.239 e. The predicted molar refractivity (Wildman–Crippen MR) is 217 cm³/mol. The SMILES string of the molecule is CNC(=O)CCCCC(=O)N(CC(=O)NCCO[C@H]1O[C@H](CO[C@H]2O[C@H](CO)[C@@H](O)[C@H](O)[C@@H]2O)[C@@H](O)[C@H](O[C@H]2O[C@H](CO)[C@@H](O)[C@H](O)[C@@H]2O)[C@@H]1O)CC(=O)NCCO[C@@H]1O[C@@H](C)[C@@H](O)C[C@@H]1O. The molecule has 0 aromatic rings. The zero-order valence-corrected chi connectivity index (χ0v) is 37.1. The van der Waals surface area contributed by atoms with E-state index in [9.17, 15) is 80.5 Å². The molecular weight excluding hydrogens is 908 g/mol. The van der Waals surface area contributed by atoms with Crippen molar-refractivity contribution in [3.8, 4) is 0 Å². The fourth-order valence-corrected chi connectivity index (χ4v) is 7.43. The van der Waals surface area contributed by atoms with Gasteiger partial charge < -0.3 is 120 Å². The van der Waals surface area contributed by atoms with Crippen LogP contribution in [0.15, 0.2) is 0 Å². The molecule has 19 atom stereocenters. The lowest BCUT2D eigenvalue weighted by Gasteiger charge is -2.46. The summed E-state index contributed by atoms with van der Waals surface area (Å²) in [6.45, 7) is -2.78. The van der Waals surface area contributed by atoms with Crippen LogP contribution in [0.1, 0.15) is 39.0 Å². The molecule has 4 amide bonds. The lowest BCUT2D eigenvalue weighted by atomic mass is 9.96. The van der Waals surface area contributed by atoms with Gasteiger partial charge in [0.2, 0.25) is 23.6 Å². The third kappa shape index (κ3) is 16.1. The molecule has 0 saturated carbocycles. The van der Waals surface area contributed by atoms with E-state index in [-0.39, 0.29) is 51.3 Å². The minimum Gasteiger partial charge on any atom is -0.394 e. The highest BCUT2D eigenvalue weighted by molar-refractivity contribution is 5.89. The number of aliphatic hydroxyl groups is 12. The Kier molecular flexibility index (Phi) is 23.2. The average molecular weight is 977 g/mol. The van der Waals surface area contributed by atoms with E-state index in [2.05, 4.69) is 16.0 Å². The van der Waals surface area contributed by atoms with E-state index in [0.29, 0.717) is 6.42 Å². The molecule has 28 heteroatoms. The summed E-state index contributed by atoms with van der Waals surface area (Å²) in [5.41, 5.74) is 0. The van der Waals surface area contributed by atoms with Crippen LogP contribution in [0.3, 0.4) is 0 Å². The van der Waals surface area contributed by atoms with Gasteiger partial charge in [0, 0.05) is 39.4 Å². The average Bonchev–Trinajstić information content (AvgIpc) is 3.30. The van der Waals surface area contributed by atoms with E-state index in [1.807, 2.05) is 0 Å². The normalized spacial score (nSPS) is 37.9. The summed E-state index contributed by atoms with van der Waals surface area (Å²) >= 11 is 0. The molecule has 4 aliphatic heterocycles. The lowest BCUT2D eigenvalue weighted by molar-refractivity contribution is -0.366. The Morgan fingerprint density at radius 3 is 1.64 bits per heavy atom. The first-order valence-corrected chi connectivity index (χ1v) is 22.0. The number of rotatable bonds is 24. The van der Waals surface area contributed by atoms with Crippen molar-refractivity contribution in [3.05, 3.63) is 0 Å². The van der Waals surface area contributed by atoms with Crippen molar-refractivity contribution in [1.29, 1.82) is 0 Å². The highest BCUT2D eigenvalue weighted by Gasteiger charge is 2.52. The van der Waals surface area contributed by atoms with Gasteiger partial charge in [-0.05, 0) is 19.8 Å². The molecule has 0 spiro atoms. The number of carbonyl (C=O) groups is 4. The topological polar surface area (TPSA) is 424 Å². The summed E-state index contributed by atoms with van der Waals surface area (Å²) in [6, 6.07) is 0. The zero-order valence-electron chi connectivity index (χ0n) is 37.1. The standard InChI is InChI=1S/C39H68N4O24/c1-17-18(46)11-19(47)36(63-17)60-9-7-41-24(49)12-43(26(51)6-4-3-5-23(48)40-2)13-25(50)42-8-10-61-38-34(59)35(67-39-33(58)31(56)28(53)21(15-45)65-39)29(54)22(66-38)16-62-37-32(57)30(55)27(52)20(14-44)64-37/h17-22,27-39,44-47,52-59H,3-16H2,1-2H3,(H,40,48)(H,41,49)(H,42,50)/t17-,18-,19-,20+,21+,22+,27+,28+,29+,30-,31-,32-,33-,34-,35-,36+,37-,38-,39+/m0/s1. The van der Waals surface area contributed by atoms with Gasteiger partial charge in [0.15, 0.2) is 25.2 Å². The Balaban J connectivity index is 1.36. The summed E-state index contributed by atoms with van der Waals surface area (Å²) in [4.78, 5) is 51.9. The van der Waals surface area contributed by atoms with E-state index in [4.69, 9.17) is 37.9 Å². The molecule has 0 aromatic carbocycles. The van der Waals surface area contributed by atoms with Crippen LogP contribution in [0.2, 0.25) is 0 Å². The molecular formula is C39H68N4O24. The second-order valence-electron chi connectivity index (χ2n) is 16.5. The van der Waals surface area contributed by atoms with Crippen LogP contribution < -0.4 is 16.0 Å². The highest BCUT2D eigenvalue weighted by atomic mass is 16.8. The molecule has 0 aromatic heterocycles. The van der Waals surface area contributed by atoms with Crippen molar-refractivity contribution < 1.29 is 118 Å². The Morgan fingerprint density at radius 1 is 0.567 bits per heavy atom. The first kappa shape index (κ1) is 56.7. The lowest BCUT2D eigenvalue weighted by Crippen LogP contribution is -2.65. The molecule has 4 rings (SSSR count). The molecule has 4 heterocycles. The van der Waals surface area contributed by atoms with Crippen LogP contribution in [0, 0.1) is 0 Å². The van der Waals surface area contributed by atoms with Gasteiger partial charge in [0.1, 0.15) is 92.4 Å². The molecule has 4 aliphatic rings. The van der Waals surface area contributed by atoms with Crippen LogP contribution in [0.4, 0.5) is 0 Å². The number of nitrogens with one attached hydrogen (secondary N) is 3. The maximum atomic E-state index is 13.2. The zero-order chi connectivity index (χ0) is 49.5. The van der Waals surface area contributed by atoms with Gasteiger partial charge in [-0.15, -0.1) is 0 Å². The van der Waals surface area contributed by atoms with E-state index < -0.39 is 174 Å². The van der Waals surface area contributed by atoms with Crippen LogP contribution in [0.25, 0.3) is 0 Å². The Morgan fingerprint density at radius 2 is 1.07 bits per heavy atom. The van der Waals surface area contributed by atoms with Crippen LogP contribution >= 0.6 is 0 Å². The van der Waals surface area contributed by atoms with E-state index in [0.717, 1.165) is 4.90 Å². The third-order valence-corrected chi connectivity index (χ3v) is 11.5. The van der Waals surface area contributed by atoms with Crippen molar-refractivity contribution >= 4 is 23.6 Å². The van der Waals surface area contributed by atoms with Crippen molar-refractivity contribution in [2.45, 2.75) is 156 Å². The summed E-state index contributed by atoms with van der Waals surface area (Å²) in [5, 5.41) is 131. The minimum absolute atomic E-state index is 0.0318. The second-order valence-corrected chi connectivity index (χ2v) is 16.5. The summed E-state index contributed by atoms with van der Waals surface area (Å²) in [5.74, 6) is -2.24. The molecule has 4 fully saturated rings. The molecule has 0 unspecified atom stereocenters. The minimum atomic E-state index is -1.97. The molecule has 28 nitrogen and oxygen atoms in total. The number of aliphatic hydroxyl groups excluding tert-OH is 12. The van der Waals surface area contributed by atoms with Crippen molar-refractivity contribution in [1.82, 2.24) is 20.9 Å². The monoisotopic (exact) mass is 976 g/mol. The van der Waals surface area contributed by atoms with Gasteiger partial charge in [-0.1, -0.05) is 0 Å². The molecule has 0 radical (unpaired) electrons. The number of nitrogens with zero attached hydrogens (tertiary/aromatic N) is 1. The van der Waals surface area contributed by atoms with E-state index >= 15 is 0 Å². The first-order valence-electron chi connectivity index (χ1n) is 22.0. The number of amides is 4. The van der Waals surface area contributed by atoms with Crippen molar-refractivity contribution in [2.24, 2.45) is 0 Å². The number of hydrogen-bond donors (Lipinski definition) is 15. The third-order valence-electron chi connectivity index (χ3n) is 11.5. The van der Waals surface area contributed by atoms with Gasteiger partial charge in [0.25, 0.3) is 0 Å². The molecule has 388 valence electrons. The molecule has 0 aliphatic carbocycles. The molecule has 15 N–H and O–H groups in total. The Labute approximate surface area is 384 Å². The number of ether oxygens (including phenoxy) is 8. The van der Waals surface area contributed by atoms with Crippen LogP contribution in [-0.2, 0) is 57.1 Å². The maximum absolute atomic E-state index is 13.2. The number of hydrogen-bond acceptors (Lipinski definition) is 24. The Bertz CT molecular complexity index is 1540. The van der Waals surface area contributed by atoms with Crippen LogP contribution in [-0.4, -0.2) is 273 Å². The number of carbonyl (C=O) groups excluding carboxylic acids is 4. The summed E-state index contributed by atoms with van der Waals surface area (Å²) < 4.78 is 44.3.